The number of methoxy groups -OCH3 is 1. The molecule has 0 aliphatic rings. The molecule has 1 N–H and O–H groups in total. The number of benzene rings is 1. The first-order chi connectivity index (χ1) is 7.77. The number of hydrogen-bond acceptors (Lipinski definition) is 3. The highest BCUT2D eigenvalue weighted by Gasteiger charge is 2.05. The Morgan fingerprint density at radius 1 is 1.50 bits per heavy atom. The molecule has 0 aliphatic carbocycles. The Kier molecular flexibility index (Phi) is 5.03. The Morgan fingerprint density at radius 2 is 2.25 bits per heavy atom. The van der Waals surface area contributed by atoms with Crippen molar-refractivity contribution in [1.82, 2.24) is 0 Å². The summed E-state index contributed by atoms with van der Waals surface area (Å²) in [7, 11) is 1.64. The van der Waals surface area contributed by atoms with E-state index >= 15 is 0 Å². The molecule has 0 unspecified atom stereocenters. The SMILES string of the molecule is COCCc1ccccc1NC(=O)CC#N. The van der Waals surface area contributed by atoms with E-state index in [1.807, 2.05) is 30.3 Å². The van der Waals surface area contributed by atoms with Crippen LogP contribution in [0.15, 0.2) is 24.3 Å². The van der Waals surface area contributed by atoms with Gasteiger partial charge in [0.1, 0.15) is 6.42 Å². The fraction of sp³-hybridized carbons (Fsp3) is 0.333. The quantitative estimate of drug-likeness (QED) is 0.818. The highest BCUT2D eigenvalue weighted by Crippen LogP contribution is 2.15. The molecule has 0 fully saturated rings. The van der Waals surface area contributed by atoms with Gasteiger partial charge in [-0.3, -0.25) is 4.79 Å². The first-order valence-electron chi connectivity index (χ1n) is 5.01. The van der Waals surface area contributed by atoms with Crippen molar-refractivity contribution in [1.29, 1.82) is 5.26 Å². The predicted molar refractivity (Wildman–Crippen MR) is 60.9 cm³/mol. The number of nitriles is 1. The molecule has 4 heteroatoms. The van der Waals surface area contributed by atoms with Crippen LogP contribution in [0.3, 0.4) is 0 Å². The molecule has 0 heterocycles. The minimum Gasteiger partial charge on any atom is -0.384 e. The highest BCUT2D eigenvalue weighted by atomic mass is 16.5. The van der Waals surface area contributed by atoms with Crippen LogP contribution in [0.5, 0.6) is 0 Å². The monoisotopic (exact) mass is 218 g/mol. The van der Waals surface area contributed by atoms with Crippen molar-refractivity contribution >= 4 is 11.6 Å². The van der Waals surface area contributed by atoms with Crippen molar-refractivity contribution in [3.8, 4) is 6.07 Å². The molecule has 1 rings (SSSR count). The Bertz CT molecular complexity index is 396. The number of ether oxygens (including phenoxy) is 1. The summed E-state index contributed by atoms with van der Waals surface area (Å²) in [5.74, 6) is -0.285. The van der Waals surface area contributed by atoms with E-state index in [0.29, 0.717) is 6.61 Å². The second-order valence-corrected chi connectivity index (χ2v) is 3.28. The number of carbonyl (C=O) groups is 1. The molecule has 1 aromatic rings. The van der Waals surface area contributed by atoms with E-state index in [9.17, 15) is 4.79 Å². The number of anilines is 1. The van der Waals surface area contributed by atoms with Crippen LogP contribution in [-0.2, 0) is 16.0 Å². The summed E-state index contributed by atoms with van der Waals surface area (Å²) < 4.78 is 4.99. The van der Waals surface area contributed by atoms with Crippen molar-refractivity contribution in [3.05, 3.63) is 29.8 Å². The number of carbonyl (C=O) groups excluding carboxylic acids is 1. The molecule has 0 atom stereocenters. The van der Waals surface area contributed by atoms with Gasteiger partial charge in [0.05, 0.1) is 12.7 Å². The van der Waals surface area contributed by atoms with Crippen molar-refractivity contribution in [2.24, 2.45) is 0 Å². The minimum atomic E-state index is -0.285. The molecule has 1 aromatic carbocycles. The Hall–Kier alpha value is -1.86. The third kappa shape index (κ3) is 3.71. The first-order valence-corrected chi connectivity index (χ1v) is 5.01. The summed E-state index contributed by atoms with van der Waals surface area (Å²) in [5.41, 5.74) is 1.76. The third-order valence-corrected chi connectivity index (χ3v) is 2.11. The molecule has 0 bridgehead atoms. The maximum Gasteiger partial charge on any atom is 0.238 e. The molecular weight excluding hydrogens is 204 g/mol. The molecule has 1 amide bonds. The summed E-state index contributed by atoms with van der Waals surface area (Å²) in [5, 5.41) is 11.1. The van der Waals surface area contributed by atoms with Crippen LogP contribution in [0.25, 0.3) is 0 Å². The minimum absolute atomic E-state index is 0.126. The normalized spacial score (nSPS) is 9.50. The van der Waals surface area contributed by atoms with E-state index in [0.717, 1.165) is 17.7 Å². The molecule has 0 aromatic heterocycles. The zero-order valence-corrected chi connectivity index (χ0v) is 9.19. The van der Waals surface area contributed by atoms with E-state index in [4.69, 9.17) is 10.00 Å². The van der Waals surface area contributed by atoms with Gasteiger partial charge in [-0.1, -0.05) is 18.2 Å². The van der Waals surface area contributed by atoms with Crippen molar-refractivity contribution in [2.45, 2.75) is 12.8 Å². The number of nitrogens with one attached hydrogen (secondary N) is 1. The van der Waals surface area contributed by atoms with Crippen LogP contribution < -0.4 is 5.32 Å². The zero-order chi connectivity index (χ0) is 11.8. The van der Waals surface area contributed by atoms with Crippen LogP contribution >= 0.6 is 0 Å². The number of amides is 1. The molecule has 0 aliphatic heterocycles. The molecule has 84 valence electrons. The maximum atomic E-state index is 11.3. The largest absolute Gasteiger partial charge is 0.384 e. The number of hydrogen-bond donors (Lipinski definition) is 1. The van der Waals surface area contributed by atoms with E-state index in [1.54, 1.807) is 7.11 Å². The molecular formula is C12H14N2O2. The van der Waals surface area contributed by atoms with Gasteiger partial charge in [0.2, 0.25) is 5.91 Å². The maximum absolute atomic E-state index is 11.3. The highest BCUT2D eigenvalue weighted by molar-refractivity contribution is 5.92. The molecule has 16 heavy (non-hydrogen) atoms. The summed E-state index contributed by atoms with van der Waals surface area (Å²) in [6.45, 7) is 0.602. The van der Waals surface area contributed by atoms with Gasteiger partial charge < -0.3 is 10.1 Å². The summed E-state index contributed by atoms with van der Waals surface area (Å²) in [6.07, 6.45) is 0.609. The van der Waals surface area contributed by atoms with E-state index in [1.165, 1.54) is 0 Å². The first kappa shape index (κ1) is 12.2. The summed E-state index contributed by atoms with van der Waals surface area (Å²) >= 11 is 0. The lowest BCUT2D eigenvalue weighted by Gasteiger charge is -2.09. The summed E-state index contributed by atoms with van der Waals surface area (Å²) in [6, 6.07) is 9.32. The number of nitrogens with zero attached hydrogens (tertiary/aromatic N) is 1. The topological polar surface area (TPSA) is 62.1 Å². The van der Waals surface area contributed by atoms with Crippen LogP contribution in [0.1, 0.15) is 12.0 Å². The molecule has 0 radical (unpaired) electrons. The predicted octanol–water partition coefficient (Wildman–Crippen LogP) is 1.73. The number of rotatable bonds is 5. The van der Waals surface area contributed by atoms with Gasteiger partial charge in [-0.25, -0.2) is 0 Å². The van der Waals surface area contributed by atoms with Crippen molar-refractivity contribution in [3.63, 3.8) is 0 Å². The van der Waals surface area contributed by atoms with E-state index in [2.05, 4.69) is 5.32 Å². The average Bonchev–Trinajstić information content (AvgIpc) is 2.28. The van der Waals surface area contributed by atoms with Gasteiger partial charge >= 0.3 is 0 Å². The molecule has 0 spiro atoms. The van der Waals surface area contributed by atoms with Gasteiger partial charge in [-0.15, -0.1) is 0 Å². The molecule has 0 saturated carbocycles. The standard InChI is InChI=1S/C12H14N2O2/c1-16-9-7-10-4-2-3-5-11(10)14-12(15)6-8-13/h2-5H,6-7,9H2,1H3,(H,14,15). The van der Waals surface area contributed by atoms with Gasteiger partial charge in [-0.05, 0) is 18.1 Å². The van der Waals surface area contributed by atoms with E-state index in [-0.39, 0.29) is 12.3 Å². The molecule has 4 nitrogen and oxygen atoms in total. The van der Waals surface area contributed by atoms with Crippen LogP contribution in [0.4, 0.5) is 5.69 Å². The lowest BCUT2D eigenvalue weighted by molar-refractivity contribution is -0.115. The summed E-state index contributed by atoms with van der Waals surface area (Å²) in [4.78, 5) is 11.3. The van der Waals surface area contributed by atoms with Gasteiger partial charge in [-0.2, -0.15) is 5.26 Å². The van der Waals surface area contributed by atoms with Crippen LogP contribution in [-0.4, -0.2) is 19.6 Å². The Balaban J connectivity index is 2.71. The van der Waals surface area contributed by atoms with Gasteiger partial charge in [0, 0.05) is 12.8 Å². The fourth-order valence-electron chi connectivity index (χ4n) is 1.34. The zero-order valence-electron chi connectivity index (χ0n) is 9.19. The smallest absolute Gasteiger partial charge is 0.238 e. The third-order valence-electron chi connectivity index (χ3n) is 2.11. The second kappa shape index (κ2) is 6.59. The second-order valence-electron chi connectivity index (χ2n) is 3.28. The van der Waals surface area contributed by atoms with Gasteiger partial charge in [0.25, 0.3) is 0 Å². The lowest BCUT2D eigenvalue weighted by Crippen LogP contribution is -2.12. The van der Waals surface area contributed by atoms with Crippen molar-refractivity contribution in [2.75, 3.05) is 19.0 Å². The van der Waals surface area contributed by atoms with Crippen LogP contribution in [0, 0.1) is 11.3 Å². The Labute approximate surface area is 94.8 Å². The lowest BCUT2D eigenvalue weighted by atomic mass is 10.1. The van der Waals surface area contributed by atoms with Crippen molar-refractivity contribution < 1.29 is 9.53 Å². The average molecular weight is 218 g/mol. The molecule has 0 saturated heterocycles. The van der Waals surface area contributed by atoms with Crippen LogP contribution in [0.2, 0.25) is 0 Å². The Morgan fingerprint density at radius 3 is 2.94 bits per heavy atom. The van der Waals surface area contributed by atoms with E-state index < -0.39 is 0 Å². The number of para-hydroxylation sites is 1. The van der Waals surface area contributed by atoms with Gasteiger partial charge in [0.15, 0.2) is 0 Å². The fourth-order valence-corrected chi connectivity index (χ4v) is 1.34.